The number of aliphatic hydroxyl groups excluding tert-OH is 1. The van der Waals surface area contributed by atoms with E-state index in [0.717, 1.165) is 39.7 Å². The third kappa shape index (κ3) is 2.17. The first-order valence-corrected chi connectivity index (χ1v) is 7.37. The molecular weight excluding hydrogens is 320 g/mol. The minimum atomic E-state index is -0.762. The maximum absolute atomic E-state index is 10.7. The monoisotopic (exact) mass is 334 g/mol. The fourth-order valence-electron chi connectivity index (χ4n) is 2.39. The molecule has 0 aliphatic rings. The van der Waals surface area contributed by atoms with Crippen LogP contribution in [0.5, 0.6) is 0 Å². The molecular formula is C15H15BrN2O2. The van der Waals surface area contributed by atoms with Gasteiger partial charge in [-0.15, -0.1) is 0 Å². The Morgan fingerprint density at radius 1 is 1.40 bits per heavy atom. The Morgan fingerprint density at radius 3 is 3.00 bits per heavy atom. The quantitative estimate of drug-likeness (QED) is 0.787. The zero-order chi connectivity index (χ0) is 14.1. The summed E-state index contributed by atoms with van der Waals surface area (Å²) in [6.07, 6.45) is 3.53. The Kier molecular flexibility index (Phi) is 3.63. The molecule has 0 amide bonds. The highest BCUT2D eigenvalue weighted by molar-refractivity contribution is 9.10. The maximum Gasteiger partial charge on any atom is 0.134 e. The second kappa shape index (κ2) is 5.42. The van der Waals surface area contributed by atoms with Crippen LogP contribution in [0.25, 0.3) is 11.0 Å². The van der Waals surface area contributed by atoms with Gasteiger partial charge in [-0.3, -0.25) is 4.68 Å². The summed E-state index contributed by atoms with van der Waals surface area (Å²) in [5.74, 6) is 0. The fraction of sp³-hybridized carbons (Fsp3) is 0.267. The molecule has 0 radical (unpaired) electrons. The summed E-state index contributed by atoms with van der Waals surface area (Å²) in [7, 11) is 0. The first-order valence-electron chi connectivity index (χ1n) is 6.57. The second-order valence-corrected chi connectivity index (χ2v) is 5.54. The Morgan fingerprint density at radius 2 is 2.20 bits per heavy atom. The minimum absolute atomic E-state index is 0.762. The molecule has 0 spiro atoms. The zero-order valence-electron chi connectivity index (χ0n) is 11.1. The molecule has 1 aromatic carbocycles. The predicted octanol–water partition coefficient (Wildman–Crippen LogP) is 3.88. The number of benzene rings is 1. The van der Waals surface area contributed by atoms with Gasteiger partial charge >= 0.3 is 0 Å². The van der Waals surface area contributed by atoms with Gasteiger partial charge in [0.15, 0.2) is 0 Å². The lowest BCUT2D eigenvalue weighted by molar-refractivity contribution is 0.207. The standard InChI is InChI=1S/C15H15BrN2O2/c1-2-7-18-14(12(16)8-17-18)15(19)11-9-20-13-6-4-3-5-10(11)13/h3-6,8-9,15,19H,2,7H2,1H3. The molecule has 0 aliphatic heterocycles. The van der Waals surface area contributed by atoms with Gasteiger partial charge in [0.2, 0.25) is 0 Å². The summed E-state index contributed by atoms with van der Waals surface area (Å²) in [5.41, 5.74) is 2.30. The first-order chi connectivity index (χ1) is 9.72. The number of aryl methyl sites for hydroxylation is 1. The van der Waals surface area contributed by atoms with Gasteiger partial charge < -0.3 is 9.52 Å². The second-order valence-electron chi connectivity index (χ2n) is 4.69. The van der Waals surface area contributed by atoms with Crippen molar-refractivity contribution < 1.29 is 9.52 Å². The Hall–Kier alpha value is -1.59. The van der Waals surface area contributed by atoms with Crippen molar-refractivity contribution in [3.63, 3.8) is 0 Å². The van der Waals surface area contributed by atoms with E-state index in [1.807, 2.05) is 28.9 Å². The molecule has 0 saturated carbocycles. The molecule has 2 aromatic heterocycles. The van der Waals surface area contributed by atoms with E-state index in [-0.39, 0.29) is 0 Å². The van der Waals surface area contributed by atoms with Gasteiger partial charge in [0.1, 0.15) is 11.7 Å². The fourth-order valence-corrected chi connectivity index (χ4v) is 2.90. The van der Waals surface area contributed by atoms with Gasteiger partial charge in [0, 0.05) is 17.5 Å². The van der Waals surface area contributed by atoms with Crippen LogP contribution in [0.3, 0.4) is 0 Å². The van der Waals surface area contributed by atoms with Crippen LogP contribution in [0, 0.1) is 0 Å². The molecule has 0 fully saturated rings. The van der Waals surface area contributed by atoms with Crippen molar-refractivity contribution in [3.05, 3.63) is 52.5 Å². The Balaban J connectivity index is 2.08. The number of furan rings is 1. The average molecular weight is 335 g/mol. The highest BCUT2D eigenvalue weighted by Gasteiger charge is 2.22. The van der Waals surface area contributed by atoms with Crippen LogP contribution in [0.4, 0.5) is 0 Å². The molecule has 0 saturated heterocycles. The van der Waals surface area contributed by atoms with Crippen molar-refractivity contribution >= 4 is 26.9 Å². The summed E-state index contributed by atoms with van der Waals surface area (Å²) in [4.78, 5) is 0. The van der Waals surface area contributed by atoms with Crippen molar-refractivity contribution in [2.45, 2.75) is 26.0 Å². The third-order valence-electron chi connectivity index (χ3n) is 3.33. The number of aliphatic hydroxyl groups is 1. The SMILES string of the molecule is CCCn1ncc(Br)c1C(O)c1coc2ccccc12. The van der Waals surface area contributed by atoms with Crippen LogP contribution in [-0.4, -0.2) is 14.9 Å². The van der Waals surface area contributed by atoms with Gasteiger partial charge in [-0.05, 0) is 28.4 Å². The van der Waals surface area contributed by atoms with Crippen molar-refractivity contribution in [1.29, 1.82) is 0 Å². The number of aromatic nitrogens is 2. The molecule has 4 nitrogen and oxygen atoms in total. The summed E-state index contributed by atoms with van der Waals surface area (Å²) in [5, 5.41) is 15.9. The summed E-state index contributed by atoms with van der Waals surface area (Å²) >= 11 is 3.46. The molecule has 3 rings (SSSR count). The van der Waals surface area contributed by atoms with Crippen LogP contribution in [0.15, 0.2) is 45.6 Å². The van der Waals surface area contributed by atoms with Crippen LogP contribution in [0.1, 0.15) is 30.7 Å². The number of para-hydroxylation sites is 1. The Labute approximate surface area is 125 Å². The molecule has 2 heterocycles. The van der Waals surface area contributed by atoms with Crippen LogP contribution in [0.2, 0.25) is 0 Å². The van der Waals surface area contributed by atoms with Crippen molar-refractivity contribution in [2.24, 2.45) is 0 Å². The summed E-state index contributed by atoms with van der Waals surface area (Å²) in [6.45, 7) is 2.85. The summed E-state index contributed by atoms with van der Waals surface area (Å²) in [6, 6.07) is 7.70. The molecule has 0 aliphatic carbocycles. The molecule has 3 aromatic rings. The highest BCUT2D eigenvalue weighted by atomic mass is 79.9. The van der Waals surface area contributed by atoms with E-state index in [1.165, 1.54) is 0 Å². The largest absolute Gasteiger partial charge is 0.464 e. The number of fused-ring (bicyclic) bond motifs is 1. The van der Waals surface area contributed by atoms with E-state index in [4.69, 9.17) is 4.42 Å². The number of hydrogen-bond donors (Lipinski definition) is 1. The normalized spacial score (nSPS) is 12.9. The van der Waals surface area contributed by atoms with E-state index in [1.54, 1.807) is 12.5 Å². The van der Waals surface area contributed by atoms with Gasteiger partial charge in [-0.25, -0.2) is 0 Å². The lowest BCUT2D eigenvalue weighted by atomic mass is 10.1. The van der Waals surface area contributed by atoms with E-state index in [9.17, 15) is 5.11 Å². The maximum atomic E-state index is 10.7. The number of nitrogens with zero attached hydrogens (tertiary/aromatic N) is 2. The molecule has 0 bridgehead atoms. The Bertz CT molecular complexity index is 732. The van der Waals surface area contributed by atoms with Gasteiger partial charge in [-0.1, -0.05) is 25.1 Å². The van der Waals surface area contributed by atoms with Crippen molar-refractivity contribution in [2.75, 3.05) is 0 Å². The molecule has 1 unspecified atom stereocenters. The lowest BCUT2D eigenvalue weighted by Gasteiger charge is -2.13. The summed E-state index contributed by atoms with van der Waals surface area (Å²) < 4.78 is 8.14. The number of rotatable bonds is 4. The van der Waals surface area contributed by atoms with Crippen LogP contribution in [-0.2, 0) is 6.54 Å². The number of hydrogen-bond acceptors (Lipinski definition) is 3. The number of halogens is 1. The third-order valence-corrected chi connectivity index (χ3v) is 3.94. The molecule has 20 heavy (non-hydrogen) atoms. The van der Waals surface area contributed by atoms with E-state index in [0.29, 0.717) is 0 Å². The van der Waals surface area contributed by atoms with Crippen LogP contribution >= 0.6 is 15.9 Å². The predicted molar refractivity (Wildman–Crippen MR) is 80.5 cm³/mol. The molecule has 104 valence electrons. The van der Waals surface area contributed by atoms with E-state index < -0.39 is 6.10 Å². The minimum Gasteiger partial charge on any atom is -0.464 e. The smallest absolute Gasteiger partial charge is 0.134 e. The van der Waals surface area contributed by atoms with Gasteiger partial charge in [0.25, 0.3) is 0 Å². The van der Waals surface area contributed by atoms with Crippen LogP contribution < -0.4 is 0 Å². The first kappa shape index (κ1) is 13.4. The van der Waals surface area contributed by atoms with Crippen molar-refractivity contribution in [3.8, 4) is 0 Å². The molecule has 1 atom stereocenters. The van der Waals surface area contributed by atoms with Gasteiger partial charge in [0.05, 0.1) is 22.6 Å². The van der Waals surface area contributed by atoms with Crippen molar-refractivity contribution in [1.82, 2.24) is 9.78 Å². The molecule has 1 N–H and O–H groups in total. The highest BCUT2D eigenvalue weighted by Crippen LogP contribution is 2.33. The van der Waals surface area contributed by atoms with Gasteiger partial charge in [-0.2, -0.15) is 5.10 Å². The lowest BCUT2D eigenvalue weighted by Crippen LogP contribution is -2.10. The average Bonchev–Trinajstić information content (AvgIpc) is 3.03. The van der Waals surface area contributed by atoms with E-state index in [2.05, 4.69) is 28.0 Å². The topological polar surface area (TPSA) is 51.2 Å². The zero-order valence-corrected chi connectivity index (χ0v) is 12.7. The molecule has 5 heteroatoms. The van der Waals surface area contributed by atoms with E-state index >= 15 is 0 Å².